The maximum atomic E-state index is 11.9. The van der Waals surface area contributed by atoms with Crippen LogP contribution in [0.5, 0.6) is 5.75 Å². The number of ether oxygens (including phenoxy) is 1. The molecule has 0 unspecified atom stereocenters. The number of aliphatic carboxylic acids is 2. The Morgan fingerprint density at radius 2 is 1.63 bits per heavy atom. The zero-order valence-electron chi connectivity index (χ0n) is 15.9. The van der Waals surface area contributed by atoms with E-state index in [2.05, 4.69) is 10.6 Å². The minimum Gasteiger partial charge on any atom is -0.497 e. The van der Waals surface area contributed by atoms with Gasteiger partial charge in [0, 0.05) is 12.2 Å². The number of benzene rings is 2. The van der Waals surface area contributed by atoms with Crippen LogP contribution in [0.1, 0.15) is 5.56 Å². The van der Waals surface area contributed by atoms with Crippen molar-refractivity contribution in [2.45, 2.75) is 11.4 Å². The number of carbonyl (C=O) groups excluding carboxylic acids is 1. The lowest BCUT2D eigenvalue weighted by Crippen LogP contribution is -2.27. The summed E-state index contributed by atoms with van der Waals surface area (Å²) in [6, 6.07) is 13.3. The van der Waals surface area contributed by atoms with E-state index < -0.39 is 22.0 Å². The molecule has 2 rings (SSSR count). The van der Waals surface area contributed by atoms with E-state index in [-0.39, 0.29) is 17.3 Å². The first-order valence-electron chi connectivity index (χ1n) is 8.25. The third kappa shape index (κ3) is 9.14. The Bertz CT molecular complexity index is 979. The molecule has 1 amide bonds. The van der Waals surface area contributed by atoms with E-state index in [1.807, 2.05) is 24.3 Å². The van der Waals surface area contributed by atoms with Gasteiger partial charge >= 0.3 is 11.9 Å². The van der Waals surface area contributed by atoms with Crippen LogP contribution in [0.25, 0.3) is 0 Å². The molecule has 162 valence electrons. The number of nitrogens with one attached hydrogen (secondary N) is 2. The van der Waals surface area contributed by atoms with Crippen LogP contribution in [0.3, 0.4) is 0 Å². The van der Waals surface area contributed by atoms with Crippen molar-refractivity contribution in [1.29, 1.82) is 0 Å². The highest BCUT2D eigenvalue weighted by Gasteiger charge is 2.09. The molecule has 0 aromatic heterocycles. The Hall–Kier alpha value is -3.48. The van der Waals surface area contributed by atoms with Gasteiger partial charge in [-0.3, -0.25) is 4.79 Å². The van der Waals surface area contributed by atoms with Crippen LogP contribution >= 0.6 is 0 Å². The second-order valence-electron chi connectivity index (χ2n) is 5.68. The summed E-state index contributed by atoms with van der Waals surface area (Å²) in [5.41, 5.74) is 1.39. The Morgan fingerprint density at radius 1 is 1.03 bits per heavy atom. The topological polar surface area (TPSA) is 185 Å². The summed E-state index contributed by atoms with van der Waals surface area (Å²) in [6.07, 6.45) is 0. The van der Waals surface area contributed by atoms with Crippen LogP contribution in [-0.2, 0) is 31.0 Å². The van der Waals surface area contributed by atoms with Gasteiger partial charge in [0.05, 0.1) is 18.6 Å². The van der Waals surface area contributed by atoms with Gasteiger partial charge in [-0.05, 0) is 35.9 Å². The third-order valence-electron chi connectivity index (χ3n) is 3.40. The summed E-state index contributed by atoms with van der Waals surface area (Å²) < 4.78 is 27.7. The van der Waals surface area contributed by atoms with Crippen molar-refractivity contribution in [3.8, 4) is 5.75 Å². The first-order chi connectivity index (χ1) is 14.0. The van der Waals surface area contributed by atoms with Gasteiger partial charge in [0.15, 0.2) is 0 Å². The van der Waals surface area contributed by atoms with E-state index in [0.717, 1.165) is 11.3 Å². The molecule has 0 aliphatic heterocycles. The smallest absolute Gasteiger partial charge is 0.414 e. The van der Waals surface area contributed by atoms with E-state index in [4.69, 9.17) is 29.7 Å². The number of primary sulfonamides is 1. The van der Waals surface area contributed by atoms with Gasteiger partial charge in [-0.15, -0.1) is 0 Å². The van der Waals surface area contributed by atoms with Crippen molar-refractivity contribution in [1.82, 2.24) is 5.32 Å². The minimum absolute atomic E-state index is 0.0495. The van der Waals surface area contributed by atoms with Gasteiger partial charge in [0.1, 0.15) is 5.75 Å². The fraction of sp³-hybridized carbons (Fsp3) is 0.167. The number of amides is 1. The van der Waals surface area contributed by atoms with Gasteiger partial charge in [-0.1, -0.05) is 18.2 Å². The molecule has 0 bridgehead atoms. The Labute approximate surface area is 172 Å². The molecule has 30 heavy (non-hydrogen) atoms. The van der Waals surface area contributed by atoms with Crippen molar-refractivity contribution in [2.75, 3.05) is 19.0 Å². The number of carboxylic acid groups (broad SMARTS) is 2. The zero-order valence-corrected chi connectivity index (χ0v) is 16.7. The average Bonchev–Trinajstić information content (AvgIpc) is 2.68. The number of hydrogen-bond acceptors (Lipinski definition) is 7. The van der Waals surface area contributed by atoms with Crippen molar-refractivity contribution < 1.29 is 37.8 Å². The number of nitrogens with two attached hydrogens (primary N) is 1. The molecule has 0 atom stereocenters. The molecule has 0 saturated carbocycles. The first-order valence-corrected chi connectivity index (χ1v) is 9.80. The number of carbonyl (C=O) groups is 3. The van der Waals surface area contributed by atoms with Crippen LogP contribution in [0.15, 0.2) is 53.4 Å². The fourth-order valence-corrected chi connectivity index (χ4v) is 2.58. The minimum atomic E-state index is -3.80. The van der Waals surface area contributed by atoms with Crippen LogP contribution in [0.4, 0.5) is 5.69 Å². The molecule has 0 aliphatic rings. The molecule has 0 saturated heterocycles. The molecule has 11 nitrogen and oxygen atoms in total. The molecule has 0 heterocycles. The summed E-state index contributed by atoms with van der Waals surface area (Å²) in [5.74, 6) is -3.16. The van der Waals surface area contributed by atoms with Crippen LogP contribution < -0.4 is 20.5 Å². The first kappa shape index (κ1) is 24.6. The number of carboxylic acids is 2. The largest absolute Gasteiger partial charge is 0.497 e. The lowest BCUT2D eigenvalue weighted by molar-refractivity contribution is -0.159. The van der Waals surface area contributed by atoms with Crippen LogP contribution in [0.2, 0.25) is 0 Å². The van der Waals surface area contributed by atoms with E-state index in [1.165, 1.54) is 18.2 Å². The second kappa shape index (κ2) is 11.5. The molecule has 0 spiro atoms. The number of hydrogen-bond donors (Lipinski definition) is 5. The number of sulfonamides is 1. The van der Waals surface area contributed by atoms with Crippen LogP contribution in [0, 0.1) is 0 Å². The average molecular weight is 439 g/mol. The summed E-state index contributed by atoms with van der Waals surface area (Å²) in [5, 5.41) is 25.5. The summed E-state index contributed by atoms with van der Waals surface area (Å²) in [4.78, 5) is 30.0. The van der Waals surface area contributed by atoms with E-state index in [9.17, 15) is 13.2 Å². The number of methoxy groups -OCH3 is 1. The highest BCUT2D eigenvalue weighted by atomic mass is 32.2. The SMILES string of the molecule is COc1ccc(CNCC(=O)Nc2cccc(S(N)(=O)=O)c2)cc1.O=C(O)C(=O)O. The maximum Gasteiger partial charge on any atom is 0.414 e. The lowest BCUT2D eigenvalue weighted by atomic mass is 10.2. The van der Waals surface area contributed by atoms with Crippen molar-refractivity contribution in [2.24, 2.45) is 5.14 Å². The Balaban J connectivity index is 0.000000656. The highest BCUT2D eigenvalue weighted by molar-refractivity contribution is 7.89. The van der Waals surface area contributed by atoms with E-state index in [0.29, 0.717) is 12.2 Å². The monoisotopic (exact) mass is 439 g/mol. The van der Waals surface area contributed by atoms with E-state index >= 15 is 0 Å². The zero-order chi connectivity index (χ0) is 22.7. The molecule has 2 aromatic carbocycles. The summed E-state index contributed by atoms with van der Waals surface area (Å²) in [7, 11) is -2.20. The summed E-state index contributed by atoms with van der Waals surface area (Å²) in [6.45, 7) is 0.611. The molecule has 6 N–H and O–H groups in total. The van der Waals surface area contributed by atoms with Gasteiger partial charge < -0.3 is 25.6 Å². The predicted molar refractivity (Wildman–Crippen MR) is 106 cm³/mol. The van der Waals surface area contributed by atoms with Gasteiger partial charge in [0.2, 0.25) is 15.9 Å². The van der Waals surface area contributed by atoms with Gasteiger partial charge in [0.25, 0.3) is 0 Å². The Morgan fingerprint density at radius 3 is 2.13 bits per heavy atom. The third-order valence-corrected chi connectivity index (χ3v) is 4.31. The lowest BCUT2D eigenvalue weighted by Gasteiger charge is -2.08. The van der Waals surface area contributed by atoms with Gasteiger partial charge in [-0.25, -0.2) is 23.1 Å². The standard InChI is InChI=1S/C16H19N3O4S.C2H2O4/c1-23-14-7-5-12(6-8-14)10-18-11-16(20)19-13-3-2-4-15(9-13)24(17,21)22;3-1(4)2(5)6/h2-9,18H,10-11H2,1H3,(H,19,20)(H2,17,21,22);(H,3,4)(H,5,6). The molecular formula is C18H21N3O8S. The van der Waals surface area contributed by atoms with Crippen LogP contribution in [-0.4, -0.2) is 50.1 Å². The molecule has 0 aliphatic carbocycles. The number of rotatable bonds is 7. The fourth-order valence-electron chi connectivity index (χ4n) is 2.02. The predicted octanol–water partition coefficient (Wildman–Crippen LogP) is 0.227. The van der Waals surface area contributed by atoms with Crippen molar-refractivity contribution in [3.05, 3.63) is 54.1 Å². The molecule has 0 fully saturated rings. The molecule has 0 radical (unpaired) electrons. The summed E-state index contributed by atoms with van der Waals surface area (Å²) >= 11 is 0. The van der Waals surface area contributed by atoms with E-state index in [1.54, 1.807) is 13.2 Å². The molecular weight excluding hydrogens is 418 g/mol. The van der Waals surface area contributed by atoms with Gasteiger partial charge in [-0.2, -0.15) is 0 Å². The Kier molecular flexibility index (Phi) is 9.42. The van der Waals surface area contributed by atoms with Crippen molar-refractivity contribution >= 4 is 33.6 Å². The highest BCUT2D eigenvalue weighted by Crippen LogP contribution is 2.14. The normalized spacial score (nSPS) is 10.3. The van der Waals surface area contributed by atoms with Crippen molar-refractivity contribution in [3.63, 3.8) is 0 Å². The number of anilines is 1. The second-order valence-corrected chi connectivity index (χ2v) is 7.24. The molecule has 12 heteroatoms. The maximum absolute atomic E-state index is 11.9. The quantitative estimate of drug-likeness (QED) is 0.376. The molecule has 2 aromatic rings.